The molecule has 0 spiro atoms. The summed E-state index contributed by atoms with van der Waals surface area (Å²) in [6, 6.07) is 5.37. The molecule has 3 rings (SSSR count). The minimum atomic E-state index is -0.974. The molecule has 2 aliphatic heterocycles. The summed E-state index contributed by atoms with van der Waals surface area (Å²) in [5.74, 6) is 0.837. The lowest BCUT2D eigenvalue weighted by molar-refractivity contribution is -0.155. The molecule has 1 aromatic rings. The van der Waals surface area contributed by atoms with Gasteiger partial charge in [0.15, 0.2) is 0 Å². The Kier molecular flexibility index (Phi) is 5.61. The molecular formula is C19H27NO5. The van der Waals surface area contributed by atoms with E-state index in [9.17, 15) is 15.0 Å². The Morgan fingerprint density at radius 2 is 2.12 bits per heavy atom. The topological polar surface area (TPSA) is 79.2 Å². The number of ether oxygens (including phenoxy) is 2. The van der Waals surface area contributed by atoms with Gasteiger partial charge in [-0.15, -0.1) is 0 Å². The highest BCUT2D eigenvalue weighted by atomic mass is 16.5. The van der Waals surface area contributed by atoms with Gasteiger partial charge in [0, 0.05) is 13.0 Å². The van der Waals surface area contributed by atoms with Crippen LogP contribution < -0.4 is 4.74 Å². The largest absolute Gasteiger partial charge is 0.490 e. The van der Waals surface area contributed by atoms with Crippen molar-refractivity contribution in [3.05, 3.63) is 29.3 Å². The molecule has 0 aliphatic carbocycles. The van der Waals surface area contributed by atoms with Gasteiger partial charge in [0.2, 0.25) is 5.91 Å². The number of aliphatic hydroxyl groups is 2. The minimum Gasteiger partial charge on any atom is -0.490 e. The summed E-state index contributed by atoms with van der Waals surface area (Å²) in [6.07, 6.45) is 0.149. The number of hydrogen-bond acceptors (Lipinski definition) is 5. The predicted octanol–water partition coefficient (Wildman–Crippen LogP) is 0.912. The van der Waals surface area contributed by atoms with E-state index in [1.165, 1.54) is 0 Å². The molecule has 6 nitrogen and oxygen atoms in total. The first kappa shape index (κ1) is 18.2. The van der Waals surface area contributed by atoms with Crippen LogP contribution in [0.1, 0.15) is 31.4 Å². The van der Waals surface area contributed by atoms with Crippen LogP contribution in [0.3, 0.4) is 0 Å². The second-order valence-corrected chi connectivity index (χ2v) is 7.00. The molecule has 1 amide bonds. The second-order valence-electron chi connectivity index (χ2n) is 7.00. The average molecular weight is 349 g/mol. The van der Waals surface area contributed by atoms with E-state index in [4.69, 9.17) is 9.47 Å². The molecule has 4 atom stereocenters. The van der Waals surface area contributed by atoms with E-state index in [1.807, 2.05) is 32.0 Å². The third-order valence-electron chi connectivity index (χ3n) is 4.87. The van der Waals surface area contributed by atoms with Crippen molar-refractivity contribution in [2.75, 3.05) is 19.8 Å². The molecule has 2 heterocycles. The number of benzene rings is 1. The summed E-state index contributed by atoms with van der Waals surface area (Å²) in [5, 5.41) is 20.1. The molecule has 2 aliphatic rings. The maximum atomic E-state index is 12.9. The van der Waals surface area contributed by atoms with Crippen LogP contribution in [0.15, 0.2) is 18.2 Å². The standard InChI is InChI=1S/C19H27NO5/c1-3-6-20(15-10-24-11-16(21)19(15)23)18(22)9-13-4-5-17-14(8-13)7-12(2)25-17/h4-5,8,12,15-16,19,21,23H,3,6-7,9-11H2,1-2H3/t12?,15-,16-,19+/m1/s1. The van der Waals surface area contributed by atoms with Gasteiger partial charge in [-0.1, -0.05) is 19.1 Å². The summed E-state index contributed by atoms with van der Waals surface area (Å²) >= 11 is 0. The minimum absolute atomic E-state index is 0.0597. The van der Waals surface area contributed by atoms with Gasteiger partial charge < -0.3 is 24.6 Å². The monoisotopic (exact) mass is 349 g/mol. The molecule has 0 aromatic heterocycles. The SMILES string of the molecule is CCCN(C(=O)Cc1ccc2c(c1)CC(C)O2)[C@@H]1COC[C@@H](O)[C@H]1O. The molecule has 0 bridgehead atoms. The van der Waals surface area contributed by atoms with E-state index >= 15 is 0 Å². The van der Waals surface area contributed by atoms with Crippen molar-refractivity contribution in [1.82, 2.24) is 4.90 Å². The molecule has 6 heteroatoms. The highest BCUT2D eigenvalue weighted by molar-refractivity contribution is 5.79. The lowest BCUT2D eigenvalue weighted by atomic mass is 10.00. The van der Waals surface area contributed by atoms with E-state index < -0.39 is 18.2 Å². The van der Waals surface area contributed by atoms with Crippen LogP contribution in [-0.2, 0) is 22.4 Å². The first-order valence-corrected chi connectivity index (χ1v) is 9.01. The fraction of sp³-hybridized carbons (Fsp3) is 0.632. The van der Waals surface area contributed by atoms with E-state index in [0.717, 1.165) is 29.7 Å². The van der Waals surface area contributed by atoms with Crippen LogP contribution in [0.2, 0.25) is 0 Å². The maximum Gasteiger partial charge on any atom is 0.227 e. The van der Waals surface area contributed by atoms with Gasteiger partial charge in [0.1, 0.15) is 24.1 Å². The summed E-state index contributed by atoms with van der Waals surface area (Å²) in [5.41, 5.74) is 2.07. The third-order valence-corrected chi connectivity index (χ3v) is 4.87. The second kappa shape index (κ2) is 7.72. The quantitative estimate of drug-likeness (QED) is 0.826. The number of amides is 1. The van der Waals surface area contributed by atoms with Crippen LogP contribution >= 0.6 is 0 Å². The van der Waals surface area contributed by atoms with Gasteiger partial charge in [0.25, 0.3) is 0 Å². The van der Waals surface area contributed by atoms with Gasteiger partial charge in [-0.05, 0) is 30.5 Å². The number of nitrogens with zero attached hydrogens (tertiary/aromatic N) is 1. The maximum absolute atomic E-state index is 12.9. The molecule has 138 valence electrons. The highest BCUT2D eigenvalue weighted by Crippen LogP contribution is 2.29. The number of carbonyl (C=O) groups excluding carboxylic acids is 1. The molecule has 1 aromatic carbocycles. The predicted molar refractivity (Wildman–Crippen MR) is 92.6 cm³/mol. The van der Waals surface area contributed by atoms with Gasteiger partial charge in [-0.3, -0.25) is 4.79 Å². The number of aliphatic hydroxyl groups excluding tert-OH is 2. The molecule has 1 fully saturated rings. The smallest absolute Gasteiger partial charge is 0.227 e. The van der Waals surface area contributed by atoms with Crippen LogP contribution in [0.5, 0.6) is 5.75 Å². The highest BCUT2D eigenvalue weighted by Gasteiger charge is 2.37. The van der Waals surface area contributed by atoms with E-state index in [2.05, 4.69) is 0 Å². The molecule has 0 radical (unpaired) electrons. The number of carbonyl (C=O) groups is 1. The number of rotatable bonds is 5. The van der Waals surface area contributed by atoms with Gasteiger partial charge in [-0.2, -0.15) is 0 Å². The normalized spacial score (nSPS) is 28.3. The third kappa shape index (κ3) is 3.97. The molecule has 25 heavy (non-hydrogen) atoms. The van der Waals surface area contributed by atoms with Crippen molar-refractivity contribution in [2.45, 2.75) is 57.5 Å². The number of fused-ring (bicyclic) bond motifs is 1. The van der Waals surface area contributed by atoms with E-state index in [-0.39, 0.29) is 31.6 Å². The summed E-state index contributed by atoms with van der Waals surface area (Å²) in [4.78, 5) is 14.5. The zero-order valence-electron chi connectivity index (χ0n) is 14.9. The Hall–Kier alpha value is -1.63. The summed E-state index contributed by atoms with van der Waals surface area (Å²) in [6.45, 7) is 4.90. The van der Waals surface area contributed by atoms with Crippen molar-refractivity contribution < 1.29 is 24.5 Å². The lowest BCUT2D eigenvalue weighted by Gasteiger charge is -2.39. The van der Waals surface area contributed by atoms with E-state index in [1.54, 1.807) is 4.90 Å². The lowest BCUT2D eigenvalue weighted by Crippen LogP contribution is -2.58. The van der Waals surface area contributed by atoms with Crippen molar-refractivity contribution in [2.24, 2.45) is 0 Å². The first-order chi connectivity index (χ1) is 12.0. The first-order valence-electron chi connectivity index (χ1n) is 9.01. The van der Waals surface area contributed by atoms with Crippen LogP contribution in [0.25, 0.3) is 0 Å². The molecule has 1 saturated heterocycles. The fourth-order valence-electron chi connectivity index (χ4n) is 3.62. The summed E-state index contributed by atoms with van der Waals surface area (Å²) in [7, 11) is 0. The Morgan fingerprint density at radius 1 is 1.32 bits per heavy atom. The Balaban J connectivity index is 1.72. The molecular weight excluding hydrogens is 322 g/mol. The molecule has 2 N–H and O–H groups in total. The Bertz CT molecular complexity index is 620. The van der Waals surface area contributed by atoms with Crippen molar-refractivity contribution in [3.8, 4) is 5.75 Å². The van der Waals surface area contributed by atoms with Gasteiger partial charge in [0.05, 0.1) is 25.7 Å². The van der Waals surface area contributed by atoms with Gasteiger partial charge in [-0.25, -0.2) is 0 Å². The van der Waals surface area contributed by atoms with E-state index in [0.29, 0.717) is 6.54 Å². The average Bonchev–Trinajstić information content (AvgIpc) is 2.95. The zero-order chi connectivity index (χ0) is 18.0. The Morgan fingerprint density at radius 3 is 2.88 bits per heavy atom. The van der Waals surface area contributed by atoms with Crippen molar-refractivity contribution in [1.29, 1.82) is 0 Å². The van der Waals surface area contributed by atoms with Gasteiger partial charge >= 0.3 is 0 Å². The Labute approximate surface area is 148 Å². The molecule has 0 saturated carbocycles. The van der Waals surface area contributed by atoms with Crippen LogP contribution in [0, 0.1) is 0 Å². The summed E-state index contributed by atoms with van der Waals surface area (Å²) < 4.78 is 11.0. The zero-order valence-corrected chi connectivity index (χ0v) is 14.9. The fourth-order valence-corrected chi connectivity index (χ4v) is 3.62. The van der Waals surface area contributed by atoms with Crippen molar-refractivity contribution >= 4 is 5.91 Å². The van der Waals surface area contributed by atoms with Crippen molar-refractivity contribution in [3.63, 3.8) is 0 Å². The molecule has 1 unspecified atom stereocenters. The van der Waals surface area contributed by atoms with Crippen LogP contribution in [0.4, 0.5) is 0 Å². The van der Waals surface area contributed by atoms with Crippen LogP contribution in [-0.4, -0.2) is 65.1 Å². The number of hydrogen-bond donors (Lipinski definition) is 2.